The topological polar surface area (TPSA) is 43.8 Å². The normalized spacial score (nSPS) is 22.3. The Balaban J connectivity index is 1.54. The summed E-state index contributed by atoms with van der Waals surface area (Å²) in [5, 5.41) is 4.64. The first kappa shape index (κ1) is 16.5. The number of hydrogen-bond donors (Lipinski definition) is 1. The maximum atomic E-state index is 4.83. The highest BCUT2D eigenvalue weighted by Crippen LogP contribution is 2.18. The fraction of sp³-hybridized carbons (Fsp3) is 0.647. The van der Waals surface area contributed by atoms with E-state index in [-0.39, 0.29) is 0 Å². The molecule has 1 fully saturated rings. The molecule has 1 atom stereocenters. The van der Waals surface area contributed by atoms with Gasteiger partial charge in [-0.15, -0.1) is 11.3 Å². The Morgan fingerprint density at radius 3 is 2.96 bits per heavy atom. The van der Waals surface area contributed by atoms with Crippen LogP contribution in [0.15, 0.2) is 23.3 Å². The van der Waals surface area contributed by atoms with Gasteiger partial charge in [-0.2, -0.15) is 0 Å². The highest BCUT2D eigenvalue weighted by Gasteiger charge is 2.29. The van der Waals surface area contributed by atoms with Gasteiger partial charge in [0.2, 0.25) is 0 Å². The molecule has 1 aromatic heterocycles. The van der Waals surface area contributed by atoms with Gasteiger partial charge in [-0.1, -0.05) is 12.2 Å². The van der Waals surface area contributed by atoms with Gasteiger partial charge in [-0.25, -0.2) is 4.98 Å². The van der Waals surface area contributed by atoms with Gasteiger partial charge in [-0.05, 0) is 20.3 Å². The molecular weight excluding hydrogens is 306 g/mol. The van der Waals surface area contributed by atoms with Crippen molar-refractivity contribution in [3.8, 4) is 0 Å². The van der Waals surface area contributed by atoms with E-state index < -0.39 is 0 Å². The van der Waals surface area contributed by atoms with Crippen LogP contribution < -0.4 is 5.32 Å². The van der Waals surface area contributed by atoms with Crippen molar-refractivity contribution in [3.63, 3.8) is 0 Å². The second kappa shape index (κ2) is 7.93. The molecule has 0 radical (unpaired) electrons. The van der Waals surface area contributed by atoms with Crippen LogP contribution in [-0.4, -0.2) is 66.1 Å². The third-order valence-electron chi connectivity index (χ3n) is 4.42. The van der Waals surface area contributed by atoms with Gasteiger partial charge in [-0.3, -0.25) is 9.89 Å². The zero-order valence-electron chi connectivity index (χ0n) is 14.2. The van der Waals surface area contributed by atoms with Crippen molar-refractivity contribution < 1.29 is 0 Å². The van der Waals surface area contributed by atoms with E-state index >= 15 is 0 Å². The van der Waals surface area contributed by atoms with E-state index in [1.165, 1.54) is 16.3 Å². The van der Waals surface area contributed by atoms with E-state index in [2.05, 4.69) is 46.1 Å². The number of hydrogen-bond acceptors (Lipinski definition) is 4. The van der Waals surface area contributed by atoms with Crippen LogP contribution in [0.1, 0.15) is 23.2 Å². The lowest BCUT2D eigenvalue weighted by molar-refractivity contribution is 0.259. The zero-order chi connectivity index (χ0) is 16.1. The maximum absolute atomic E-state index is 4.83. The third-order valence-corrected chi connectivity index (χ3v) is 5.39. The van der Waals surface area contributed by atoms with Crippen molar-refractivity contribution in [2.75, 3.05) is 39.3 Å². The molecule has 0 saturated carbocycles. The average Bonchev–Trinajstić information content (AvgIpc) is 3.27. The van der Waals surface area contributed by atoms with Crippen LogP contribution in [0.2, 0.25) is 0 Å². The standard InChI is InChI=1S/C17H27N5S/c1-3-18-17(19-8-6-16-20-12-14(2)23-16)22-11-7-15(13-22)21-9-4-5-10-21/h4-5,12,15H,3,6-11,13H2,1-2H3,(H,18,19). The Labute approximate surface area is 143 Å². The number of rotatable bonds is 5. The average molecular weight is 334 g/mol. The first-order valence-corrected chi connectivity index (χ1v) is 9.41. The van der Waals surface area contributed by atoms with Crippen molar-refractivity contribution in [2.45, 2.75) is 32.7 Å². The summed E-state index contributed by atoms with van der Waals surface area (Å²) >= 11 is 1.77. The van der Waals surface area contributed by atoms with Crippen molar-refractivity contribution in [2.24, 2.45) is 4.99 Å². The molecule has 5 nitrogen and oxygen atoms in total. The van der Waals surface area contributed by atoms with Gasteiger partial charge in [0, 0.05) is 62.8 Å². The Bertz CT molecular complexity index is 557. The lowest BCUT2D eigenvalue weighted by Gasteiger charge is -2.25. The van der Waals surface area contributed by atoms with Crippen LogP contribution >= 0.6 is 11.3 Å². The minimum absolute atomic E-state index is 0.662. The molecule has 1 saturated heterocycles. The van der Waals surface area contributed by atoms with Gasteiger partial charge in [0.15, 0.2) is 5.96 Å². The van der Waals surface area contributed by atoms with Crippen molar-refractivity contribution in [1.29, 1.82) is 0 Å². The van der Waals surface area contributed by atoms with Crippen LogP contribution in [0.4, 0.5) is 0 Å². The molecule has 0 bridgehead atoms. The van der Waals surface area contributed by atoms with E-state index in [1.807, 2.05) is 6.20 Å². The summed E-state index contributed by atoms with van der Waals surface area (Å²) in [6.45, 7) is 10.4. The van der Waals surface area contributed by atoms with Crippen LogP contribution in [0.3, 0.4) is 0 Å². The van der Waals surface area contributed by atoms with Gasteiger partial charge in [0.1, 0.15) is 0 Å². The van der Waals surface area contributed by atoms with E-state index in [0.717, 1.165) is 51.6 Å². The lowest BCUT2D eigenvalue weighted by atomic mass is 10.2. The first-order chi connectivity index (χ1) is 11.3. The molecule has 23 heavy (non-hydrogen) atoms. The largest absolute Gasteiger partial charge is 0.357 e. The quantitative estimate of drug-likeness (QED) is 0.508. The monoisotopic (exact) mass is 333 g/mol. The molecule has 2 aliphatic rings. The maximum Gasteiger partial charge on any atom is 0.193 e. The highest BCUT2D eigenvalue weighted by atomic mass is 32.1. The molecule has 1 N–H and O–H groups in total. The summed E-state index contributed by atoms with van der Waals surface area (Å²) in [7, 11) is 0. The van der Waals surface area contributed by atoms with E-state index in [4.69, 9.17) is 4.99 Å². The Hall–Kier alpha value is -1.40. The molecule has 3 rings (SSSR count). The molecule has 6 heteroatoms. The van der Waals surface area contributed by atoms with Crippen LogP contribution in [-0.2, 0) is 6.42 Å². The number of likely N-dealkylation sites (tertiary alicyclic amines) is 1. The molecule has 1 unspecified atom stereocenters. The summed E-state index contributed by atoms with van der Waals surface area (Å²) in [5.74, 6) is 1.07. The summed E-state index contributed by atoms with van der Waals surface area (Å²) in [5.41, 5.74) is 0. The van der Waals surface area contributed by atoms with Crippen molar-refractivity contribution in [3.05, 3.63) is 28.2 Å². The fourth-order valence-corrected chi connectivity index (χ4v) is 4.00. The summed E-state index contributed by atoms with van der Waals surface area (Å²) in [6, 6.07) is 0.662. The van der Waals surface area contributed by atoms with E-state index in [1.54, 1.807) is 11.3 Å². The summed E-state index contributed by atoms with van der Waals surface area (Å²) in [4.78, 5) is 15.5. The molecule has 0 aliphatic carbocycles. The number of nitrogens with one attached hydrogen (secondary N) is 1. The Morgan fingerprint density at radius 1 is 1.43 bits per heavy atom. The second-order valence-electron chi connectivity index (χ2n) is 6.16. The summed E-state index contributed by atoms with van der Waals surface area (Å²) < 4.78 is 0. The minimum Gasteiger partial charge on any atom is -0.357 e. The molecule has 0 aromatic carbocycles. The van der Waals surface area contributed by atoms with Gasteiger partial charge >= 0.3 is 0 Å². The lowest BCUT2D eigenvalue weighted by Crippen LogP contribution is -2.43. The number of aryl methyl sites for hydroxylation is 1. The number of guanidine groups is 1. The highest BCUT2D eigenvalue weighted by molar-refractivity contribution is 7.11. The molecule has 2 aliphatic heterocycles. The van der Waals surface area contributed by atoms with Gasteiger partial charge in [0.05, 0.1) is 5.01 Å². The molecule has 0 amide bonds. The Kier molecular flexibility index (Phi) is 5.67. The number of nitrogens with zero attached hydrogens (tertiary/aromatic N) is 4. The zero-order valence-corrected chi connectivity index (χ0v) is 15.0. The molecular formula is C17H27N5S. The van der Waals surface area contributed by atoms with Crippen molar-refractivity contribution in [1.82, 2.24) is 20.1 Å². The first-order valence-electron chi connectivity index (χ1n) is 8.60. The van der Waals surface area contributed by atoms with Gasteiger partial charge in [0.25, 0.3) is 0 Å². The van der Waals surface area contributed by atoms with Crippen LogP contribution in [0.5, 0.6) is 0 Å². The summed E-state index contributed by atoms with van der Waals surface area (Å²) in [6.07, 6.45) is 8.67. The SMILES string of the molecule is CCNC(=NCCc1ncc(C)s1)N1CCC(N2CC=CC2)C1. The molecule has 3 heterocycles. The third kappa shape index (κ3) is 4.32. The fourth-order valence-electron chi connectivity index (χ4n) is 3.23. The van der Waals surface area contributed by atoms with E-state index in [9.17, 15) is 0 Å². The number of aliphatic imine (C=N–C) groups is 1. The smallest absolute Gasteiger partial charge is 0.193 e. The van der Waals surface area contributed by atoms with Crippen LogP contribution in [0, 0.1) is 6.92 Å². The second-order valence-corrected chi connectivity index (χ2v) is 7.48. The number of aromatic nitrogens is 1. The Morgan fingerprint density at radius 2 is 2.26 bits per heavy atom. The molecule has 1 aromatic rings. The van der Waals surface area contributed by atoms with E-state index in [0.29, 0.717) is 6.04 Å². The number of thiazole rings is 1. The minimum atomic E-state index is 0.662. The van der Waals surface area contributed by atoms with Gasteiger partial charge < -0.3 is 10.2 Å². The molecule has 0 spiro atoms. The van der Waals surface area contributed by atoms with Crippen LogP contribution in [0.25, 0.3) is 0 Å². The van der Waals surface area contributed by atoms with Crippen molar-refractivity contribution >= 4 is 17.3 Å². The molecule has 126 valence electrons. The predicted octanol–water partition coefficient (Wildman–Crippen LogP) is 1.91. The predicted molar refractivity (Wildman–Crippen MR) is 97.2 cm³/mol.